The number of hydrogen-bond donors (Lipinski definition) is 2. The number of halogens is 1. The molecule has 0 bridgehead atoms. The first-order chi connectivity index (χ1) is 15.8. The highest BCUT2D eigenvalue weighted by atomic mass is 19.1. The van der Waals surface area contributed by atoms with Gasteiger partial charge in [0.2, 0.25) is 11.8 Å². The second kappa shape index (κ2) is 9.21. The van der Waals surface area contributed by atoms with Crippen molar-refractivity contribution in [1.29, 1.82) is 0 Å². The molecule has 1 aromatic carbocycles. The lowest BCUT2D eigenvalue weighted by Gasteiger charge is -2.29. The number of nitrogens with zero attached hydrogens (tertiary/aromatic N) is 2. The van der Waals surface area contributed by atoms with E-state index in [0.29, 0.717) is 43.5 Å². The van der Waals surface area contributed by atoms with Gasteiger partial charge >= 0.3 is 0 Å². The van der Waals surface area contributed by atoms with Crippen molar-refractivity contribution in [2.75, 3.05) is 7.11 Å². The summed E-state index contributed by atoms with van der Waals surface area (Å²) in [7, 11) is 1.49. The third-order valence-corrected chi connectivity index (χ3v) is 6.28. The predicted octanol–water partition coefficient (Wildman–Crippen LogP) is 3.39. The fraction of sp³-hybridized carbons (Fsp3) is 0.400. The lowest BCUT2D eigenvalue weighted by Crippen LogP contribution is -2.44. The smallest absolute Gasteiger partial charge is 0.220 e. The van der Waals surface area contributed by atoms with E-state index in [9.17, 15) is 14.0 Å². The maximum atomic E-state index is 14.5. The molecule has 1 atom stereocenters. The van der Waals surface area contributed by atoms with Gasteiger partial charge in [-0.15, -0.1) is 0 Å². The Morgan fingerprint density at radius 2 is 2.12 bits per heavy atom. The summed E-state index contributed by atoms with van der Waals surface area (Å²) in [5, 5.41) is 5.92. The fourth-order valence-electron chi connectivity index (χ4n) is 4.53. The average molecular weight is 453 g/mol. The van der Waals surface area contributed by atoms with Gasteiger partial charge < -0.3 is 19.8 Å². The van der Waals surface area contributed by atoms with E-state index in [1.807, 2.05) is 30.5 Å². The molecule has 3 aromatic rings. The SMILES string of the molecule is COc1ccc(C[C@]2(CCC(=O)NCc3cn4c(C)cc(C)cc4n3)CCC(=O)N2)c(F)c1. The fourth-order valence-corrected chi connectivity index (χ4v) is 4.53. The van der Waals surface area contributed by atoms with Gasteiger partial charge in [-0.3, -0.25) is 9.59 Å². The molecule has 2 aromatic heterocycles. The summed E-state index contributed by atoms with van der Waals surface area (Å²) in [6.45, 7) is 4.37. The van der Waals surface area contributed by atoms with E-state index >= 15 is 0 Å². The Kier molecular flexibility index (Phi) is 6.35. The molecule has 0 aliphatic carbocycles. The van der Waals surface area contributed by atoms with Crippen LogP contribution in [-0.2, 0) is 22.6 Å². The topological polar surface area (TPSA) is 84.7 Å². The van der Waals surface area contributed by atoms with Gasteiger partial charge in [0.15, 0.2) is 0 Å². The van der Waals surface area contributed by atoms with Crippen molar-refractivity contribution < 1.29 is 18.7 Å². The summed E-state index contributed by atoms with van der Waals surface area (Å²) in [5.41, 5.74) is 3.71. The van der Waals surface area contributed by atoms with Gasteiger partial charge in [-0.05, 0) is 62.4 Å². The molecular weight excluding hydrogens is 423 g/mol. The van der Waals surface area contributed by atoms with Crippen LogP contribution in [0.2, 0.25) is 0 Å². The highest BCUT2D eigenvalue weighted by Gasteiger charge is 2.38. The highest BCUT2D eigenvalue weighted by molar-refractivity contribution is 5.80. The molecule has 174 valence electrons. The molecule has 33 heavy (non-hydrogen) atoms. The second-order valence-electron chi connectivity index (χ2n) is 8.87. The number of carbonyl (C=O) groups is 2. The molecule has 1 aliphatic rings. The number of amides is 2. The summed E-state index contributed by atoms with van der Waals surface area (Å²) < 4.78 is 21.6. The lowest BCUT2D eigenvalue weighted by molar-refractivity contribution is -0.122. The Labute approximate surface area is 192 Å². The summed E-state index contributed by atoms with van der Waals surface area (Å²) in [6, 6.07) is 8.80. The van der Waals surface area contributed by atoms with Crippen LogP contribution in [0.25, 0.3) is 5.65 Å². The van der Waals surface area contributed by atoms with Crippen LogP contribution in [0, 0.1) is 19.7 Å². The van der Waals surface area contributed by atoms with E-state index in [-0.39, 0.29) is 24.1 Å². The van der Waals surface area contributed by atoms with Crippen molar-refractivity contribution in [1.82, 2.24) is 20.0 Å². The van der Waals surface area contributed by atoms with Crippen LogP contribution in [-0.4, -0.2) is 33.8 Å². The van der Waals surface area contributed by atoms with Crippen LogP contribution in [0.4, 0.5) is 4.39 Å². The van der Waals surface area contributed by atoms with Crippen LogP contribution >= 0.6 is 0 Å². The molecular formula is C25H29FN4O3. The molecule has 1 fully saturated rings. The number of aromatic nitrogens is 2. The predicted molar refractivity (Wildman–Crippen MR) is 123 cm³/mol. The van der Waals surface area contributed by atoms with Gasteiger partial charge in [0.05, 0.1) is 19.3 Å². The van der Waals surface area contributed by atoms with E-state index < -0.39 is 5.54 Å². The zero-order valence-electron chi connectivity index (χ0n) is 19.2. The standard InChI is InChI=1S/C25H29FN4O3/c1-16-10-17(2)30-15-19(28-22(30)11-16)14-27-23(31)6-8-25(9-7-24(32)29-25)13-18-4-5-20(33-3)12-21(18)26/h4-5,10-12,15H,6-9,13-14H2,1-3H3,(H,27,31)(H,29,32)/t25-/m0/s1. The van der Waals surface area contributed by atoms with Crippen molar-refractivity contribution in [3.8, 4) is 5.75 Å². The van der Waals surface area contributed by atoms with Crippen molar-refractivity contribution in [3.63, 3.8) is 0 Å². The molecule has 0 unspecified atom stereocenters. The summed E-state index contributed by atoms with van der Waals surface area (Å²) >= 11 is 0. The number of carbonyl (C=O) groups excluding carboxylic acids is 2. The van der Waals surface area contributed by atoms with Crippen LogP contribution in [0.5, 0.6) is 5.75 Å². The highest BCUT2D eigenvalue weighted by Crippen LogP contribution is 2.31. The third-order valence-electron chi connectivity index (χ3n) is 6.28. The van der Waals surface area contributed by atoms with Crippen molar-refractivity contribution >= 4 is 17.5 Å². The third kappa shape index (κ3) is 5.16. The van der Waals surface area contributed by atoms with Gasteiger partial charge in [-0.25, -0.2) is 9.37 Å². The Bertz CT molecular complexity index is 1210. The molecule has 2 N–H and O–H groups in total. The molecule has 8 heteroatoms. The quantitative estimate of drug-likeness (QED) is 0.549. The maximum absolute atomic E-state index is 14.5. The van der Waals surface area contributed by atoms with Crippen molar-refractivity contribution in [2.24, 2.45) is 0 Å². The Morgan fingerprint density at radius 1 is 1.30 bits per heavy atom. The number of benzene rings is 1. The van der Waals surface area contributed by atoms with Gasteiger partial charge in [0.1, 0.15) is 17.2 Å². The van der Waals surface area contributed by atoms with E-state index in [0.717, 1.165) is 22.6 Å². The Morgan fingerprint density at radius 3 is 2.82 bits per heavy atom. The van der Waals surface area contributed by atoms with E-state index in [4.69, 9.17) is 4.74 Å². The monoisotopic (exact) mass is 452 g/mol. The first kappa shape index (κ1) is 22.8. The van der Waals surface area contributed by atoms with Crippen LogP contribution in [0.15, 0.2) is 36.5 Å². The molecule has 0 spiro atoms. The van der Waals surface area contributed by atoms with Crippen molar-refractivity contribution in [3.05, 3.63) is 64.9 Å². The van der Waals surface area contributed by atoms with Gasteiger partial charge in [0.25, 0.3) is 0 Å². The average Bonchev–Trinajstić information content (AvgIpc) is 3.36. The number of rotatable bonds is 8. The minimum absolute atomic E-state index is 0.0697. The van der Waals surface area contributed by atoms with Gasteiger partial charge in [0, 0.05) is 36.3 Å². The lowest BCUT2D eigenvalue weighted by atomic mass is 9.84. The number of nitrogens with one attached hydrogen (secondary N) is 2. The van der Waals surface area contributed by atoms with Gasteiger partial charge in [-0.2, -0.15) is 0 Å². The number of aryl methyl sites for hydroxylation is 2. The number of pyridine rings is 1. The first-order valence-corrected chi connectivity index (χ1v) is 11.1. The summed E-state index contributed by atoms with van der Waals surface area (Å²) in [6.07, 6.45) is 3.85. The zero-order chi connectivity index (χ0) is 23.6. The number of fused-ring (bicyclic) bond motifs is 1. The van der Waals surface area contributed by atoms with E-state index in [1.165, 1.54) is 13.2 Å². The van der Waals surface area contributed by atoms with Crippen LogP contribution < -0.4 is 15.4 Å². The Hall–Kier alpha value is -3.42. The number of methoxy groups -OCH3 is 1. The second-order valence-corrected chi connectivity index (χ2v) is 8.87. The number of hydrogen-bond acceptors (Lipinski definition) is 4. The summed E-state index contributed by atoms with van der Waals surface area (Å²) in [5.74, 6) is -0.135. The van der Waals surface area contributed by atoms with Crippen LogP contribution in [0.1, 0.15) is 48.2 Å². The van der Waals surface area contributed by atoms with E-state index in [1.54, 1.807) is 12.1 Å². The van der Waals surface area contributed by atoms with Gasteiger partial charge in [-0.1, -0.05) is 6.07 Å². The minimum Gasteiger partial charge on any atom is -0.497 e. The molecule has 1 saturated heterocycles. The van der Waals surface area contributed by atoms with E-state index in [2.05, 4.69) is 21.7 Å². The molecule has 0 radical (unpaired) electrons. The van der Waals surface area contributed by atoms with Crippen molar-refractivity contribution in [2.45, 2.75) is 58.0 Å². The number of imidazole rings is 1. The molecule has 2 amide bonds. The largest absolute Gasteiger partial charge is 0.497 e. The first-order valence-electron chi connectivity index (χ1n) is 11.1. The molecule has 0 saturated carbocycles. The zero-order valence-corrected chi connectivity index (χ0v) is 19.2. The number of ether oxygens (including phenoxy) is 1. The molecule has 4 rings (SSSR count). The van der Waals surface area contributed by atoms with Crippen LogP contribution in [0.3, 0.4) is 0 Å². The summed E-state index contributed by atoms with van der Waals surface area (Å²) in [4.78, 5) is 29.2. The molecule has 7 nitrogen and oxygen atoms in total. The normalized spacial score (nSPS) is 17.9. The Balaban J connectivity index is 1.38. The maximum Gasteiger partial charge on any atom is 0.220 e. The minimum atomic E-state index is -0.637. The molecule has 3 heterocycles. The molecule has 1 aliphatic heterocycles.